The third-order valence-corrected chi connectivity index (χ3v) is 3.94. The third kappa shape index (κ3) is 4.39. The van der Waals surface area contributed by atoms with E-state index in [0.29, 0.717) is 23.9 Å². The van der Waals surface area contributed by atoms with Crippen LogP contribution in [0.15, 0.2) is 42.5 Å². The quantitative estimate of drug-likeness (QED) is 0.784. The molecule has 0 bridgehead atoms. The summed E-state index contributed by atoms with van der Waals surface area (Å²) in [6.07, 6.45) is 0.905. The van der Waals surface area contributed by atoms with Gasteiger partial charge >= 0.3 is 0 Å². The number of nitrogens with one attached hydrogen (secondary N) is 1. The minimum Gasteiger partial charge on any atom is -0.490 e. The molecule has 0 aromatic heterocycles. The first kappa shape index (κ1) is 17.9. The third-order valence-electron chi connectivity index (χ3n) is 3.94. The molecule has 0 radical (unpaired) electrons. The van der Waals surface area contributed by atoms with Gasteiger partial charge in [-0.05, 0) is 43.2 Å². The molecule has 6 heteroatoms. The van der Waals surface area contributed by atoms with Crippen LogP contribution in [0.3, 0.4) is 0 Å². The number of amides is 1. The maximum absolute atomic E-state index is 12.2. The standard InChI is InChI=1S/C20H23NO5/c1-3-10-23-16-6-4-5-7-17(16)24-12-20(22)21-14(2)15-8-9-18-19(11-15)26-13-25-18/h4-9,11,14H,3,10,12-13H2,1-2H3,(H,21,22). The van der Waals surface area contributed by atoms with Crippen molar-refractivity contribution >= 4 is 5.91 Å². The highest BCUT2D eigenvalue weighted by molar-refractivity contribution is 5.78. The Bertz CT molecular complexity index is 762. The zero-order chi connectivity index (χ0) is 18.4. The molecule has 1 unspecified atom stereocenters. The zero-order valence-electron chi connectivity index (χ0n) is 15.0. The highest BCUT2D eigenvalue weighted by Gasteiger charge is 2.17. The van der Waals surface area contributed by atoms with Crippen molar-refractivity contribution in [3.8, 4) is 23.0 Å². The average molecular weight is 357 g/mol. The molecule has 1 aliphatic heterocycles. The minimum absolute atomic E-state index is 0.0820. The average Bonchev–Trinajstić information content (AvgIpc) is 3.13. The van der Waals surface area contributed by atoms with Crippen molar-refractivity contribution in [2.45, 2.75) is 26.3 Å². The molecule has 6 nitrogen and oxygen atoms in total. The molecule has 1 atom stereocenters. The SMILES string of the molecule is CCCOc1ccccc1OCC(=O)NC(C)c1ccc2c(c1)OCO2. The van der Waals surface area contributed by atoms with Gasteiger partial charge in [0.15, 0.2) is 29.6 Å². The van der Waals surface area contributed by atoms with Crippen LogP contribution in [0.2, 0.25) is 0 Å². The Morgan fingerprint density at radius 2 is 1.85 bits per heavy atom. The fourth-order valence-electron chi connectivity index (χ4n) is 2.59. The summed E-state index contributed by atoms with van der Waals surface area (Å²) in [4.78, 5) is 12.2. The van der Waals surface area contributed by atoms with Gasteiger partial charge in [-0.3, -0.25) is 4.79 Å². The first-order chi connectivity index (χ1) is 12.7. The van der Waals surface area contributed by atoms with Gasteiger partial charge in [0.1, 0.15) is 0 Å². The van der Waals surface area contributed by atoms with E-state index in [1.165, 1.54) is 0 Å². The fraction of sp³-hybridized carbons (Fsp3) is 0.350. The van der Waals surface area contributed by atoms with Crippen LogP contribution >= 0.6 is 0 Å². The number of carbonyl (C=O) groups is 1. The molecule has 2 aromatic carbocycles. The molecule has 138 valence electrons. The van der Waals surface area contributed by atoms with Crippen LogP contribution in [0.4, 0.5) is 0 Å². The number of benzene rings is 2. The van der Waals surface area contributed by atoms with E-state index >= 15 is 0 Å². The number of rotatable bonds is 8. The molecule has 26 heavy (non-hydrogen) atoms. The number of hydrogen-bond donors (Lipinski definition) is 1. The Hall–Kier alpha value is -2.89. The molecule has 0 saturated heterocycles. The Kier molecular flexibility index (Phi) is 5.84. The van der Waals surface area contributed by atoms with E-state index in [-0.39, 0.29) is 25.3 Å². The van der Waals surface area contributed by atoms with Gasteiger partial charge in [0.25, 0.3) is 5.91 Å². The second-order valence-electron chi connectivity index (χ2n) is 5.99. The molecule has 2 aromatic rings. The van der Waals surface area contributed by atoms with E-state index < -0.39 is 0 Å². The van der Waals surface area contributed by atoms with Gasteiger partial charge < -0.3 is 24.3 Å². The van der Waals surface area contributed by atoms with Crippen molar-refractivity contribution < 1.29 is 23.7 Å². The van der Waals surface area contributed by atoms with E-state index in [4.69, 9.17) is 18.9 Å². The lowest BCUT2D eigenvalue weighted by molar-refractivity contribution is -0.123. The molecule has 1 aliphatic rings. The maximum atomic E-state index is 12.2. The van der Waals surface area contributed by atoms with Crippen molar-refractivity contribution in [1.29, 1.82) is 0 Å². The number of carbonyl (C=O) groups excluding carboxylic acids is 1. The number of ether oxygens (including phenoxy) is 4. The first-order valence-corrected chi connectivity index (χ1v) is 8.71. The highest BCUT2D eigenvalue weighted by atomic mass is 16.7. The Morgan fingerprint density at radius 1 is 1.12 bits per heavy atom. The molecule has 1 amide bonds. The lowest BCUT2D eigenvalue weighted by Gasteiger charge is -2.16. The second-order valence-corrected chi connectivity index (χ2v) is 5.99. The summed E-state index contributed by atoms with van der Waals surface area (Å²) in [6.45, 7) is 4.70. The Morgan fingerprint density at radius 3 is 2.62 bits per heavy atom. The number of para-hydroxylation sites is 2. The van der Waals surface area contributed by atoms with Gasteiger partial charge in [-0.1, -0.05) is 25.1 Å². The van der Waals surface area contributed by atoms with Gasteiger partial charge in [-0.2, -0.15) is 0 Å². The summed E-state index contributed by atoms with van der Waals surface area (Å²) in [5.74, 6) is 2.42. The molecule has 0 aliphatic carbocycles. The molecule has 3 rings (SSSR count). The van der Waals surface area contributed by atoms with Crippen LogP contribution in [-0.4, -0.2) is 25.9 Å². The maximum Gasteiger partial charge on any atom is 0.258 e. The molecule has 0 fully saturated rings. The largest absolute Gasteiger partial charge is 0.490 e. The Labute approximate surface area is 153 Å². The van der Waals surface area contributed by atoms with E-state index in [9.17, 15) is 4.79 Å². The van der Waals surface area contributed by atoms with Crippen LogP contribution in [0.5, 0.6) is 23.0 Å². The van der Waals surface area contributed by atoms with Gasteiger partial charge in [0.05, 0.1) is 12.6 Å². The molecule has 0 saturated carbocycles. The number of hydrogen-bond acceptors (Lipinski definition) is 5. The van der Waals surface area contributed by atoms with Crippen LogP contribution in [-0.2, 0) is 4.79 Å². The first-order valence-electron chi connectivity index (χ1n) is 8.71. The molecule has 0 spiro atoms. The Balaban J connectivity index is 1.54. The normalized spacial score (nSPS) is 13.2. The van der Waals surface area contributed by atoms with E-state index in [1.807, 2.05) is 50.2 Å². The number of fused-ring (bicyclic) bond motifs is 1. The summed E-state index contributed by atoms with van der Waals surface area (Å²) < 4.78 is 21.9. The topological polar surface area (TPSA) is 66.0 Å². The molecule has 1 N–H and O–H groups in total. The highest BCUT2D eigenvalue weighted by Crippen LogP contribution is 2.34. The summed E-state index contributed by atoms with van der Waals surface area (Å²) >= 11 is 0. The lowest BCUT2D eigenvalue weighted by atomic mass is 10.1. The second kappa shape index (κ2) is 8.47. The summed E-state index contributed by atoms with van der Waals surface area (Å²) in [7, 11) is 0. The summed E-state index contributed by atoms with van der Waals surface area (Å²) in [5.41, 5.74) is 0.939. The van der Waals surface area contributed by atoms with Gasteiger partial charge in [0, 0.05) is 0 Å². The van der Waals surface area contributed by atoms with Gasteiger partial charge in [-0.15, -0.1) is 0 Å². The molecular weight excluding hydrogens is 334 g/mol. The van der Waals surface area contributed by atoms with Gasteiger partial charge in [-0.25, -0.2) is 0 Å². The van der Waals surface area contributed by atoms with E-state index in [0.717, 1.165) is 17.7 Å². The molecule has 1 heterocycles. The smallest absolute Gasteiger partial charge is 0.258 e. The van der Waals surface area contributed by atoms with E-state index in [1.54, 1.807) is 6.07 Å². The monoisotopic (exact) mass is 357 g/mol. The van der Waals surface area contributed by atoms with Crippen LogP contribution in [0.1, 0.15) is 31.9 Å². The predicted octanol–water partition coefficient (Wildman–Crippen LogP) is 3.46. The summed E-state index contributed by atoms with van der Waals surface area (Å²) in [6, 6.07) is 12.8. The van der Waals surface area contributed by atoms with Crippen LogP contribution < -0.4 is 24.3 Å². The minimum atomic E-state index is -0.208. The fourth-order valence-corrected chi connectivity index (χ4v) is 2.59. The lowest BCUT2D eigenvalue weighted by Crippen LogP contribution is -2.31. The van der Waals surface area contributed by atoms with E-state index in [2.05, 4.69) is 5.32 Å². The zero-order valence-corrected chi connectivity index (χ0v) is 15.0. The summed E-state index contributed by atoms with van der Waals surface area (Å²) in [5, 5.41) is 2.92. The van der Waals surface area contributed by atoms with Crippen molar-refractivity contribution in [3.63, 3.8) is 0 Å². The van der Waals surface area contributed by atoms with Gasteiger partial charge in [0.2, 0.25) is 6.79 Å². The van der Waals surface area contributed by atoms with Crippen LogP contribution in [0, 0.1) is 0 Å². The predicted molar refractivity (Wildman–Crippen MR) is 96.8 cm³/mol. The van der Waals surface area contributed by atoms with Crippen molar-refractivity contribution in [2.75, 3.05) is 20.0 Å². The van der Waals surface area contributed by atoms with Crippen LogP contribution in [0.25, 0.3) is 0 Å². The van der Waals surface area contributed by atoms with Crippen molar-refractivity contribution in [1.82, 2.24) is 5.32 Å². The molecular formula is C20H23NO5. The van der Waals surface area contributed by atoms with Crippen molar-refractivity contribution in [2.24, 2.45) is 0 Å². The van der Waals surface area contributed by atoms with Crippen molar-refractivity contribution in [3.05, 3.63) is 48.0 Å².